The summed E-state index contributed by atoms with van der Waals surface area (Å²) < 4.78 is 7.01. The molecule has 0 aliphatic rings. The first-order chi connectivity index (χ1) is 19.7. The predicted octanol–water partition coefficient (Wildman–Crippen LogP) is 6.20. The average Bonchev–Trinajstić information content (AvgIpc) is 3.22. The summed E-state index contributed by atoms with van der Waals surface area (Å²) in [6.07, 6.45) is 0.101. The van der Waals surface area contributed by atoms with Crippen LogP contribution in [0.25, 0.3) is 21.7 Å². The molecule has 1 amide bonds. The Morgan fingerprint density at radius 3 is 2.41 bits per heavy atom. The highest BCUT2D eigenvalue weighted by atomic mass is 35.5. The summed E-state index contributed by atoms with van der Waals surface area (Å²) in [5.41, 5.74) is 3.34. The lowest BCUT2D eigenvalue weighted by molar-refractivity contribution is -0.137. The van der Waals surface area contributed by atoms with Gasteiger partial charge in [-0.3, -0.25) is 19.0 Å². The largest absolute Gasteiger partial charge is 0.497 e. The molecule has 5 rings (SSSR count). The molecule has 0 aliphatic carbocycles. The van der Waals surface area contributed by atoms with Crippen molar-refractivity contribution in [2.45, 2.75) is 32.2 Å². The second-order valence-corrected chi connectivity index (χ2v) is 10.4. The van der Waals surface area contributed by atoms with Crippen LogP contribution in [0, 0.1) is 6.92 Å². The molecule has 0 fully saturated rings. The molecule has 0 bridgehead atoms. The number of rotatable bonds is 9. The van der Waals surface area contributed by atoms with Crippen LogP contribution in [0.1, 0.15) is 33.6 Å². The summed E-state index contributed by atoms with van der Waals surface area (Å²) in [5, 5.41) is 15.8. The number of aromatic nitrogens is 1. The second-order valence-electron chi connectivity index (χ2n) is 9.98. The molecule has 0 aliphatic heterocycles. The summed E-state index contributed by atoms with van der Waals surface area (Å²) in [4.78, 5) is 38.8. The molecule has 208 valence electrons. The maximum atomic E-state index is 13.6. The van der Waals surface area contributed by atoms with Gasteiger partial charge in [-0.15, -0.1) is 0 Å². The number of methoxy groups -OCH3 is 1. The molecule has 0 spiro atoms. The smallest absolute Gasteiger partial charge is 0.305 e. The van der Waals surface area contributed by atoms with Gasteiger partial charge in [-0.1, -0.05) is 54.1 Å². The number of fused-ring (bicyclic) bond motifs is 2. The molecule has 41 heavy (non-hydrogen) atoms. The summed E-state index contributed by atoms with van der Waals surface area (Å²) in [6.45, 7) is 1.80. The first kappa shape index (κ1) is 27.9. The van der Waals surface area contributed by atoms with Crippen LogP contribution in [-0.2, 0) is 22.4 Å². The van der Waals surface area contributed by atoms with Crippen molar-refractivity contribution in [3.05, 3.63) is 112 Å². The summed E-state index contributed by atoms with van der Waals surface area (Å²) in [7, 11) is 1.56. The van der Waals surface area contributed by atoms with E-state index < -0.39 is 12.0 Å². The van der Waals surface area contributed by atoms with Gasteiger partial charge in [0.25, 0.3) is 5.91 Å². The Morgan fingerprint density at radius 2 is 1.68 bits per heavy atom. The number of carbonyl (C=O) groups excluding carboxylic acids is 2. The number of carboxylic acids is 1. The van der Waals surface area contributed by atoms with E-state index in [1.54, 1.807) is 61.1 Å². The van der Waals surface area contributed by atoms with Gasteiger partial charge in [0, 0.05) is 27.7 Å². The zero-order valence-corrected chi connectivity index (χ0v) is 23.4. The van der Waals surface area contributed by atoms with E-state index in [0.29, 0.717) is 44.9 Å². The molecule has 8 heteroatoms. The number of hydrogen-bond donors (Lipinski definition) is 2. The minimum Gasteiger partial charge on any atom is -0.497 e. The van der Waals surface area contributed by atoms with E-state index in [-0.39, 0.29) is 24.7 Å². The topological polar surface area (TPSA) is 97.6 Å². The molecule has 0 unspecified atom stereocenters. The standard InChI is InChI=1S/C33H29ClN2O5/c1-20-28(29-18-26(41-2)14-15-30(29)36(20)33(40)22-10-12-24(34)13-11-22)19-31(37)35-25(17-32(38)39)16-23-8-5-7-21-6-3-4-9-27(21)23/h3-15,18,25H,16-17,19H2,1-2H3,(H,35,37)(H,38,39)/t25-/m1/s1. The van der Waals surface area contributed by atoms with Crippen molar-refractivity contribution in [2.24, 2.45) is 0 Å². The Morgan fingerprint density at radius 1 is 0.951 bits per heavy atom. The van der Waals surface area contributed by atoms with Crippen LogP contribution in [0.4, 0.5) is 0 Å². The highest BCUT2D eigenvalue weighted by Gasteiger charge is 2.24. The number of nitrogens with zero attached hydrogens (tertiary/aromatic N) is 1. The van der Waals surface area contributed by atoms with Gasteiger partial charge < -0.3 is 15.2 Å². The minimum atomic E-state index is -0.999. The lowest BCUT2D eigenvalue weighted by Gasteiger charge is -2.18. The number of halogens is 1. The molecule has 0 saturated heterocycles. The van der Waals surface area contributed by atoms with E-state index in [2.05, 4.69) is 5.32 Å². The van der Waals surface area contributed by atoms with Gasteiger partial charge >= 0.3 is 5.97 Å². The van der Waals surface area contributed by atoms with Crippen LogP contribution in [0.2, 0.25) is 5.02 Å². The van der Waals surface area contributed by atoms with Gasteiger partial charge in [-0.05, 0) is 77.7 Å². The molecule has 0 saturated carbocycles. The van der Waals surface area contributed by atoms with Gasteiger partial charge in [0.05, 0.1) is 25.5 Å². The first-order valence-corrected chi connectivity index (χ1v) is 13.6. The molecule has 1 aromatic heterocycles. The van der Waals surface area contributed by atoms with Gasteiger partial charge in [-0.25, -0.2) is 0 Å². The molecule has 0 radical (unpaired) electrons. The van der Waals surface area contributed by atoms with Gasteiger partial charge in [0.2, 0.25) is 5.91 Å². The normalized spacial score (nSPS) is 11.9. The Bertz CT molecular complexity index is 1770. The highest BCUT2D eigenvalue weighted by molar-refractivity contribution is 6.30. The summed E-state index contributed by atoms with van der Waals surface area (Å²) in [5.74, 6) is -0.988. The fraction of sp³-hybridized carbons (Fsp3) is 0.182. The number of aliphatic carboxylic acids is 1. The van der Waals surface area contributed by atoms with Gasteiger partial charge in [0.15, 0.2) is 0 Å². The Balaban J connectivity index is 1.46. The SMILES string of the molecule is COc1ccc2c(c1)c(CC(=O)N[C@@H](CC(=O)O)Cc1cccc3ccccc13)c(C)n2C(=O)c1ccc(Cl)cc1. The Hall–Kier alpha value is -4.62. The van der Waals surface area contributed by atoms with E-state index in [1.807, 2.05) is 42.5 Å². The number of amides is 1. The number of carboxylic acid groups (broad SMARTS) is 1. The molecule has 7 nitrogen and oxygen atoms in total. The lowest BCUT2D eigenvalue weighted by atomic mass is 9.97. The zero-order chi connectivity index (χ0) is 29.1. The van der Waals surface area contributed by atoms with E-state index in [4.69, 9.17) is 16.3 Å². The van der Waals surface area contributed by atoms with E-state index in [0.717, 1.165) is 16.3 Å². The van der Waals surface area contributed by atoms with Crippen molar-refractivity contribution >= 4 is 51.1 Å². The van der Waals surface area contributed by atoms with Crippen molar-refractivity contribution in [1.29, 1.82) is 0 Å². The average molecular weight is 569 g/mol. The van der Waals surface area contributed by atoms with Crippen molar-refractivity contribution in [3.63, 3.8) is 0 Å². The van der Waals surface area contributed by atoms with E-state index in [1.165, 1.54) is 0 Å². The zero-order valence-electron chi connectivity index (χ0n) is 22.7. The molecular formula is C33H29ClN2O5. The molecule has 2 N–H and O–H groups in total. The maximum absolute atomic E-state index is 13.6. The molecular weight excluding hydrogens is 540 g/mol. The van der Waals surface area contributed by atoms with Gasteiger partial charge in [-0.2, -0.15) is 0 Å². The van der Waals surface area contributed by atoms with Gasteiger partial charge in [0.1, 0.15) is 5.75 Å². The monoisotopic (exact) mass is 568 g/mol. The second kappa shape index (κ2) is 11.9. The molecule has 1 atom stereocenters. The lowest BCUT2D eigenvalue weighted by Crippen LogP contribution is -2.39. The molecule has 4 aromatic carbocycles. The van der Waals surface area contributed by atoms with Crippen molar-refractivity contribution in [2.75, 3.05) is 7.11 Å². The Labute approximate surface area is 242 Å². The fourth-order valence-electron chi connectivity index (χ4n) is 5.36. The molecule has 5 aromatic rings. The fourth-order valence-corrected chi connectivity index (χ4v) is 5.48. The third kappa shape index (κ3) is 5.95. The summed E-state index contributed by atoms with van der Waals surface area (Å²) in [6, 6.07) is 25.2. The first-order valence-electron chi connectivity index (χ1n) is 13.2. The summed E-state index contributed by atoms with van der Waals surface area (Å²) >= 11 is 6.02. The van der Waals surface area contributed by atoms with Crippen molar-refractivity contribution < 1.29 is 24.2 Å². The van der Waals surface area contributed by atoms with Crippen LogP contribution < -0.4 is 10.1 Å². The third-order valence-electron chi connectivity index (χ3n) is 7.31. The number of nitrogens with one attached hydrogen (secondary N) is 1. The van der Waals surface area contributed by atoms with E-state index >= 15 is 0 Å². The number of ether oxygens (including phenoxy) is 1. The quantitative estimate of drug-likeness (QED) is 0.221. The highest BCUT2D eigenvalue weighted by Crippen LogP contribution is 2.31. The predicted molar refractivity (Wildman–Crippen MR) is 160 cm³/mol. The Kier molecular flexibility index (Phi) is 8.08. The van der Waals surface area contributed by atoms with Crippen LogP contribution >= 0.6 is 11.6 Å². The van der Waals surface area contributed by atoms with Crippen molar-refractivity contribution in [1.82, 2.24) is 9.88 Å². The number of hydrogen-bond acceptors (Lipinski definition) is 4. The van der Waals surface area contributed by atoms with Crippen LogP contribution in [0.15, 0.2) is 84.9 Å². The van der Waals surface area contributed by atoms with Crippen LogP contribution in [0.3, 0.4) is 0 Å². The molecule has 1 heterocycles. The maximum Gasteiger partial charge on any atom is 0.305 e. The minimum absolute atomic E-state index is 0.0396. The number of benzene rings is 4. The van der Waals surface area contributed by atoms with Crippen LogP contribution in [0.5, 0.6) is 5.75 Å². The van der Waals surface area contributed by atoms with Crippen LogP contribution in [-0.4, -0.2) is 40.6 Å². The third-order valence-corrected chi connectivity index (χ3v) is 7.56. The van der Waals surface area contributed by atoms with Crippen molar-refractivity contribution in [3.8, 4) is 5.75 Å². The number of carbonyl (C=O) groups is 3. The van der Waals surface area contributed by atoms with E-state index in [9.17, 15) is 19.5 Å².